The number of aromatic nitrogens is 2. The Hall–Kier alpha value is -1.43. The van der Waals surface area contributed by atoms with E-state index in [1.54, 1.807) is 0 Å². The van der Waals surface area contributed by atoms with Crippen LogP contribution in [0.2, 0.25) is 0 Å². The number of carbonyl (C=O) groups is 1. The summed E-state index contributed by atoms with van der Waals surface area (Å²) in [6.45, 7) is 2.05. The van der Waals surface area contributed by atoms with Gasteiger partial charge in [0.05, 0.1) is 12.5 Å². The van der Waals surface area contributed by atoms with Crippen LogP contribution >= 0.6 is 0 Å². The Morgan fingerprint density at radius 1 is 1.38 bits per heavy atom. The van der Waals surface area contributed by atoms with Gasteiger partial charge in [-0.2, -0.15) is 4.98 Å². The third-order valence-electron chi connectivity index (χ3n) is 5.40. The quantitative estimate of drug-likeness (QED) is 0.914. The Kier molecular flexibility index (Phi) is 3.03. The summed E-state index contributed by atoms with van der Waals surface area (Å²) in [6, 6.07) is 0. The highest BCUT2D eigenvalue weighted by Crippen LogP contribution is 2.49. The molecule has 3 fully saturated rings. The zero-order chi connectivity index (χ0) is 14.4. The van der Waals surface area contributed by atoms with Gasteiger partial charge in [0.25, 0.3) is 0 Å². The molecule has 0 amide bonds. The first-order valence-electron chi connectivity index (χ1n) is 7.94. The number of nitrogens with zero attached hydrogens (tertiary/aromatic N) is 3. The van der Waals surface area contributed by atoms with Gasteiger partial charge in [-0.25, -0.2) is 0 Å². The van der Waals surface area contributed by atoms with E-state index in [0.717, 1.165) is 50.9 Å². The summed E-state index contributed by atoms with van der Waals surface area (Å²) >= 11 is 0. The minimum atomic E-state index is -0.649. The molecule has 2 heterocycles. The molecule has 114 valence electrons. The summed E-state index contributed by atoms with van der Waals surface area (Å²) in [4.78, 5) is 18.2. The summed E-state index contributed by atoms with van der Waals surface area (Å²) in [5, 5.41) is 13.6. The van der Waals surface area contributed by atoms with Crippen molar-refractivity contribution in [2.45, 2.75) is 51.0 Å². The van der Waals surface area contributed by atoms with Crippen LogP contribution < -0.4 is 0 Å². The Labute approximate surface area is 123 Å². The molecule has 1 aromatic heterocycles. The van der Waals surface area contributed by atoms with Gasteiger partial charge in [0.2, 0.25) is 5.89 Å². The molecule has 0 bridgehead atoms. The van der Waals surface area contributed by atoms with Crippen LogP contribution in [-0.2, 0) is 11.3 Å². The van der Waals surface area contributed by atoms with Crippen molar-refractivity contribution < 1.29 is 14.4 Å². The van der Waals surface area contributed by atoms with Crippen molar-refractivity contribution in [1.82, 2.24) is 15.0 Å². The third kappa shape index (κ3) is 2.35. The molecule has 21 heavy (non-hydrogen) atoms. The SMILES string of the molecule is O=C(O)C1CN(Cc2nc(C3CC3)no2)CC12CCCC2. The van der Waals surface area contributed by atoms with Crippen LogP contribution in [0.25, 0.3) is 0 Å². The monoisotopic (exact) mass is 291 g/mol. The average Bonchev–Trinajstić information content (AvgIpc) is 2.88. The van der Waals surface area contributed by atoms with Crippen molar-refractivity contribution in [3.63, 3.8) is 0 Å². The van der Waals surface area contributed by atoms with Gasteiger partial charge in [0.15, 0.2) is 5.82 Å². The second-order valence-electron chi connectivity index (χ2n) is 6.95. The molecule has 1 saturated heterocycles. The van der Waals surface area contributed by atoms with Crippen LogP contribution in [0.3, 0.4) is 0 Å². The van der Waals surface area contributed by atoms with Gasteiger partial charge in [0.1, 0.15) is 0 Å². The molecule has 3 aliphatic rings. The molecule has 2 aliphatic carbocycles. The van der Waals surface area contributed by atoms with Crippen LogP contribution in [0.1, 0.15) is 56.2 Å². The lowest BCUT2D eigenvalue weighted by Crippen LogP contribution is -2.32. The normalized spacial score (nSPS) is 28.5. The lowest BCUT2D eigenvalue weighted by atomic mass is 9.77. The molecule has 0 aromatic carbocycles. The van der Waals surface area contributed by atoms with E-state index in [1.165, 1.54) is 0 Å². The summed E-state index contributed by atoms with van der Waals surface area (Å²) in [6.07, 6.45) is 6.71. The number of hydrogen-bond acceptors (Lipinski definition) is 5. The second kappa shape index (κ2) is 4.80. The lowest BCUT2D eigenvalue weighted by molar-refractivity contribution is -0.144. The average molecular weight is 291 g/mol. The molecule has 1 aliphatic heterocycles. The summed E-state index contributed by atoms with van der Waals surface area (Å²) in [5.41, 5.74) is -0.0226. The third-order valence-corrected chi connectivity index (χ3v) is 5.40. The first-order chi connectivity index (χ1) is 10.2. The van der Waals surface area contributed by atoms with Crippen molar-refractivity contribution in [3.05, 3.63) is 11.7 Å². The van der Waals surface area contributed by atoms with Gasteiger partial charge in [-0.1, -0.05) is 18.0 Å². The standard InChI is InChI=1S/C15H21N3O3/c19-14(20)11-7-18(9-15(11)5-1-2-6-15)8-12-16-13(17-21-12)10-3-4-10/h10-11H,1-9H2,(H,19,20). The first-order valence-corrected chi connectivity index (χ1v) is 7.94. The van der Waals surface area contributed by atoms with E-state index < -0.39 is 5.97 Å². The topological polar surface area (TPSA) is 79.5 Å². The molecule has 1 N–H and O–H groups in total. The zero-order valence-electron chi connectivity index (χ0n) is 12.1. The minimum absolute atomic E-state index is 0.0226. The fraction of sp³-hybridized carbons (Fsp3) is 0.800. The molecule has 1 aromatic rings. The van der Waals surface area contributed by atoms with Gasteiger partial charge < -0.3 is 9.63 Å². The number of likely N-dealkylation sites (tertiary alicyclic amines) is 1. The predicted octanol–water partition coefficient (Wildman–Crippen LogP) is 2.02. The first kappa shape index (κ1) is 13.2. The molecule has 4 rings (SSSR count). The molecular weight excluding hydrogens is 270 g/mol. The van der Waals surface area contributed by atoms with Gasteiger partial charge >= 0.3 is 5.97 Å². The highest BCUT2D eigenvalue weighted by atomic mass is 16.5. The molecule has 6 nitrogen and oxygen atoms in total. The van der Waals surface area contributed by atoms with Crippen LogP contribution in [0.4, 0.5) is 0 Å². The van der Waals surface area contributed by atoms with Crippen molar-refractivity contribution in [2.24, 2.45) is 11.3 Å². The van der Waals surface area contributed by atoms with Gasteiger partial charge in [-0.3, -0.25) is 9.69 Å². The number of hydrogen-bond donors (Lipinski definition) is 1. The second-order valence-corrected chi connectivity index (χ2v) is 6.95. The van der Waals surface area contributed by atoms with Crippen molar-refractivity contribution in [2.75, 3.05) is 13.1 Å². The highest BCUT2D eigenvalue weighted by Gasteiger charge is 2.51. The lowest BCUT2D eigenvalue weighted by Gasteiger charge is -2.27. The Morgan fingerprint density at radius 2 is 2.14 bits per heavy atom. The van der Waals surface area contributed by atoms with Crippen LogP contribution in [-0.4, -0.2) is 39.2 Å². The van der Waals surface area contributed by atoms with E-state index >= 15 is 0 Å². The number of rotatable bonds is 4. The van der Waals surface area contributed by atoms with Gasteiger partial charge in [-0.15, -0.1) is 0 Å². The number of carboxylic acids is 1. The van der Waals surface area contributed by atoms with Gasteiger partial charge in [-0.05, 0) is 31.1 Å². The molecule has 0 radical (unpaired) electrons. The van der Waals surface area contributed by atoms with E-state index in [0.29, 0.717) is 24.9 Å². The largest absolute Gasteiger partial charge is 0.481 e. The maximum absolute atomic E-state index is 11.6. The molecule has 1 atom stereocenters. The Balaban J connectivity index is 1.47. The van der Waals surface area contributed by atoms with Crippen LogP contribution in [0.15, 0.2) is 4.52 Å². The van der Waals surface area contributed by atoms with E-state index in [9.17, 15) is 9.90 Å². The van der Waals surface area contributed by atoms with Crippen molar-refractivity contribution >= 4 is 5.97 Å². The summed E-state index contributed by atoms with van der Waals surface area (Å²) in [7, 11) is 0. The van der Waals surface area contributed by atoms with Gasteiger partial charge in [0, 0.05) is 19.0 Å². The molecule has 6 heteroatoms. The molecule has 1 spiro atoms. The number of carboxylic acid groups (broad SMARTS) is 1. The highest BCUT2D eigenvalue weighted by molar-refractivity contribution is 5.72. The molecule has 2 saturated carbocycles. The van der Waals surface area contributed by atoms with Crippen molar-refractivity contribution in [3.8, 4) is 0 Å². The Bertz CT molecular complexity index is 546. The summed E-state index contributed by atoms with van der Waals surface area (Å²) < 4.78 is 5.32. The maximum Gasteiger partial charge on any atom is 0.308 e. The van der Waals surface area contributed by atoms with E-state index in [1.807, 2.05) is 0 Å². The minimum Gasteiger partial charge on any atom is -0.481 e. The Morgan fingerprint density at radius 3 is 2.81 bits per heavy atom. The smallest absolute Gasteiger partial charge is 0.308 e. The van der Waals surface area contributed by atoms with E-state index in [4.69, 9.17) is 4.52 Å². The van der Waals surface area contributed by atoms with Crippen LogP contribution in [0, 0.1) is 11.3 Å². The van der Waals surface area contributed by atoms with Crippen molar-refractivity contribution in [1.29, 1.82) is 0 Å². The van der Waals surface area contributed by atoms with E-state index in [2.05, 4.69) is 15.0 Å². The van der Waals surface area contributed by atoms with Crippen LogP contribution in [0.5, 0.6) is 0 Å². The predicted molar refractivity (Wildman–Crippen MR) is 73.6 cm³/mol. The van der Waals surface area contributed by atoms with E-state index in [-0.39, 0.29) is 11.3 Å². The molecular formula is C15H21N3O3. The molecule has 1 unspecified atom stereocenters. The fourth-order valence-electron chi connectivity index (χ4n) is 4.15. The fourth-order valence-corrected chi connectivity index (χ4v) is 4.15. The maximum atomic E-state index is 11.6. The number of aliphatic carboxylic acids is 1. The summed E-state index contributed by atoms with van der Waals surface area (Å²) in [5.74, 6) is 1.06. The zero-order valence-corrected chi connectivity index (χ0v) is 12.1.